The van der Waals surface area contributed by atoms with Crippen LogP contribution in [0.25, 0.3) is 0 Å². The highest BCUT2D eigenvalue weighted by Crippen LogP contribution is 2.42. The molecular weight excluding hydrogens is 283 g/mol. The third-order valence-electron chi connectivity index (χ3n) is 3.31. The second-order valence-corrected chi connectivity index (χ2v) is 5.22. The van der Waals surface area contributed by atoms with Crippen LogP contribution in [0.2, 0.25) is 5.02 Å². The molecule has 2 aromatic rings. The zero-order chi connectivity index (χ0) is 14.3. The van der Waals surface area contributed by atoms with Crippen molar-refractivity contribution >= 4 is 11.6 Å². The summed E-state index contributed by atoms with van der Waals surface area (Å²) in [4.78, 5) is 0. The highest BCUT2D eigenvalue weighted by Gasteiger charge is 2.28. The number of fused-ring (bicyclic) bond motifs is 1. The van der Waals surface area contributed by atoms with E-state index in [4.69, 9.17) is 16.3 Å². The lowest BCUT2D eigenvalue weighted by Gasteiger charge is -2.30. The Bertz CT molecular complexity index is 639. The van der Waals surface area contributed by atoms with Crippen LogP contribution in [0, 0.1) is 5.82 Å². The smallest absolute Gasteiger partial charge is 0.127 e. The van der Waals surface area contributed by atoms with E-state index in [0.29, 0.717) is 21.9 Å². The maximum Gasteiger partial charge on any atom is 0.127 e. The molecule has 2 N–H and O–H groups in total. The van der Waals surface area contributed by atoms with Crippen LogP contribution in [0.5, 0.6) is 11.5 Å². The fourth-order valence-electron chi connectivity index (χ4n) is 2.40. The molecule has 0 aliphatic carbocycles. The van der Waals surface area contributed by atoms with Crippen molar-refractivity contribution in [2.75, 3.05) is 0 Å². The molecule has 1 aliphatic rings. The van der Waals surface area contributed by atoms with Gasteiger partial charge in [-0.05, 0) is 35.9 Å². The molecule has 2 atom stereocenters. The number of hydrogen-bond donors (Lipinski definition) is 2. The van der Waals surface area contributed by atoms with E-state index in [-0.39, 0.29) is 12.2 Å². The fourth-order valence-corrected chi connectivity index (χ4v) is 2.58. The van der Waals surface area contributed by atoms with Gasteiger partial charge in [0.05, 0.1) is 6.10 Å². The van der Waals surface area contributed by atoms with Gasteiger partial charge in [0.2, 0.25) is 0 Å². The van der Waals surface area contributed by atoms with Gasteiger partial charge in [-0.3, -0.25) is 0 Å². The summed E-state index contributed by atoms with van der Waals surface area (Å²) in [7, 11) is 0. The lowest BCUT2D eigenvalue weighted by atomic mass is 9.95. The quantitative estimate of drug-likeness (QED) is 0.842. The van der Waals surface area contributed by atoms with Crippen LogP contribution in [0.15, 0.2) is 36.4 Å². The number of ether oxygens (including phenoxy) is 1. The van der Waals surface area contributed by atoms with Crippen molar-refractivity contribution in [3.63, 3.8) is 0 Å². The number of benzene rings is 2. The van der Waals surface area contributed by atoms with E-state index in [1.165, 1.54) is 12.1 Å². The van der Waals surface area contributed by atoms with Gasteiger partial charge in [-0.15, -0.1) is 0 Å². The van der Waals surface area contributed by atoms with Crippen LogP contribution in [0.4, 0.5) is 4.39 Å². The van der Waals surface area contributed by atoms with Gasteiger partial charge >= 0.3 is 0 Å². The molecule has 3 rings (SSSR count). The zero-order valence-corrected chi connectivity index (χ0v) is 11.1. The summed E-state index contributed by atoms with van der Waals surface area (Å²) in [6.45, 7) is 0. The Morgan fingerprint density at radius 3 is 2.75 bits per heavy atom. The molecule has 2 aromatic carbocycles. The number of halogens is 2. The standard InChI is InChI=1S/C15H12ClFO3/c16-9-1-2-14-12(5-9)13(19)7-15(20-14)8-3-10(17)6-11(18)4-8/h1-6,13,15,18-19H,7H2. The van der Waals surface area contributed by atoms with Crippen LogP contribution in [0.3, 0.4) is 0 Å². The van der Waals surface area contributed by atoms with E-state index in [9.17, 15) is 14.6 Å². The average molecular weight is 295 g/mol. The van der Waals surface area contributed by atoms with E-state index in [1.54, 1.807) is 18.2 Å². The molecule has 0 bridgehead atoms. The minimum absolute atomic E-state index is 0.167. The number of rotatable bonds is 1. The van der Waals surface area contributed by atoms with Crippen LogP contribution < -0.4 is 4.74 Å². The minimum Gasteiger partial charge on any atom is -0.508 e. The third-order valence-corrected chi connectivity index (χ3v) is 3.55. The molecule has 104 valence electrons. The van der Waals surface area contributed by atoms with Gasteiger partial charge in [0, 0.05) is 23.1 Å². The first-order valence-corrected chi connectivity index (χ1v) is 6.54. The lowest BCUT2D eigenvalue weighted by molar-refractivity contribution is 0.0655. The summed E-state index contributed by atoms with van der Waals surface area (Å²) in [5.41, 5.74) is 1.11. The molecule has 20 heavy (non-hydrogen) atoms. The molecule has 0 radical (unpaired) electrons. The number of hydrogen-bond acceptors (Lipinski definition) is 3. The average Bonchev–Trinajstić information content (AvgIpc) is 2.38. The van der Waals surface area contributed by atoms with Gasteiger partial charge in [0.15, 0.2) is 0 Å². The van der Waals surface area contributed by atoms with Crippen LogP contribution >= 0.6 is 11.6 Å². The molecule has 5 heteroatoms. The summed E-state index contributed by atoms with van der Waals surface area (Å²) in [6, 6.07) is 8.74. The van der Waals surface area contributed by atoms with Gasteiger partial charge in [-0.25, -0.2) is 4.39 Å². The summed E-state index contributed by atoms with van der Waals surface area (Å²) >= 11 is 5.89. The maximum atomic E-state index is 13.3. The van der Waals surface area contributed by atoms with Gasteiger partial charge in [0.25, 0.3) is 0 Å². The van der Waals surface area contributed by atoms with Crippen LogP contribution in [0.1, 0.15) is 29.8 Å². The van der Waals surface area contributed by atoms with E-state index in [2.05, 4.69) is 0 Å². The number of phenols is 1. The molecule has 2 unspecified atom stereocenters. The monoisotopic (exact) mass is 294 g/mol. The first-order chi connectivity index (χ1) is 9.52. The van der Waals surface area contributed by atoms with Gasteiger partial charge in [-0.2, -0.15) is 0 Å². The second kappa shape index (κ2) is 4.96. The topological polar surface area (TPSA) is 49.7 Å². The summed E-state index contributed by atoms with van der Waals surface area (Å²) in [5.74, 6) is -0.193. The Hall–Kier alpha value is -1.78. The molecule has 0 spiro atoms. The van der Waals surface area contributed by atoms with E-state index in [1.807, 2.05) is 0 Å². The highest BCUT2D eigenvalue weighted by molar-refractivity contribution is 6.30. The number of aliphatic hydroxyl groups excluding tert-OH is 1. The summed E-state index contributed by atoms with van der Waals surface area (Å²) in [5, 5.41) is 20.1. The molecule has 1 heterocycles. The molecule has 0 fully saturated rings. The number of phenolic OH excluding ortho intramolecular Hbond substituents is 1. The normalized spacial score (nSPS) is 21.1. The van der Waals surface area contributed by atoms with Gasteiger partial charge < -0.3 is 14.9 Å². The zero-order valence-electron chi connectivity index (χ0n) is 10.4. The van der Waals surface area contributed by atoms with E-state index >= 15 is 0 Å². The highest BCUT2D eigenvalue weighted by atomic mass is 35.5. The van der Waals surface area contributed by atoms with Crippen molar-refractivity contribution in [1.29, 1.82) is 0 Å². The number of aromatic hydroxyl groups is 1. The maximum absolute atomic E-state index is 13.3. The van der Waals surface area contributed by atoms with Crippen molar-refractivity contribution in [3.05, 3.63) is 58.4 Å². The molecule has 0 aromatic heterocycles. The third kappa shape index (κ3) is 2.44. The Kier molecular flexibility index (Phi) is 3.28. The predicted molar refractivity (Wildman–Crippen MR) is 72.5 cm³/mol. The van der Waals surface area contributed by atoms with Crippen molar-refractivity contribution in [3.8, 4) is 11.5 Å². The van der Waals surface area contributed by atoms with Crippen molar-refractivity contribution in [2.45, 2.75) is 18.6 Å². The van der Waals surface area contributed by atoms with Crippen LogP contribution in [-0.4, -0.2) is 10.2 Å². The fraction of sp³-hybridized carbons (Fsp3) is 0.200. The lowest BCUT2D eigenvalue weighted by Crippen LogP contribution is -2.19. The van der Waals surface area contributed by atoms with Crippen LogP contribution in [-0.2, 0) is 0 Å². The predicted octanol–water partition coefficient (Wildman–Crippen LogP) is 3.74. The Balaban J connectivity index is 1.96. The molecule has 0 amide bonds. The van der Waals surface area contributed by atoms with Gasteiger partial charge in [0.1, 0.15) is 23.4 Å². The van der Waals surface area contributed by atoms with Gasteiger partial charge in [-0.1, -0.05) is 11.6 Å². The van der Waals surface area contributed by atoms with Crippen molar-refractivity contribution in [2.24, 2.45) is 0 Å². The molecule has 0 saturated carbocycles. The molecule has 0 saturated heterocycles. The Morgan fingerprint density at radius 1 is 1.20 bits per heavy atom. The van der Waals surface area contributed by atoms with E-state index in [0.717, 1.165) is 6.07 Å². The molecule has 1 aliphatic heterocycles. The summed E-state index contributed by atoms with van der Waals surface area (Å²) < 4.78 is 19.1. The SMILES string of the molecule is Oc1cc(F)cc(C2CC(O)c3cc(Cl)ccc3O2)c1. The first kappa shape index (κ1) is 13.2. The molecule has 3 nitrogen and oxygen atoms in total. The Labute approximate surface area is 120 Å². The van der Waals surface area contributed by atoms with Crippen molar-refractivity contribution < 1.29 is 19.3 Å². The minimum atomic E-state index is -0.743. The van der Waals surface area contributed by atoms with E-state index < -0.39 is 18.0 Å². The van der Waals surface area contributed by atoms with Crippen molar-refractivity contribution in [1.82, 2.24) is 0 Å². The second-order valence-electron chi connectivity index (χ2n) is 4.78. The summed E-state index contributed by atoms with van der Waals surface area (Å²) in [6.07, 6.45) is -0.982. The number of aliphatic hydroxyl groups is 1. The molecular formula is C15H12ClFO3. The largest absolute Gasteiger partial charge is 0.508 e. The first-order valence-electron chi connectivity index (χ1n) is 6.16. The Morgan fingerprint density at radius 2 is 2.00 bits per heavy atom.